The van der Waals surface area contributed by atoms with Crippen LogP contribution in [0.15, 0.2) is 41.5 Å². The molecule has 0 saturated heterocycles. The van der Waals surface area contributed by atoms with Crippen LogP contribution in [0.25, 0.3) is 0 Å². The number of thiazole rings is 1. The molecule has 22 heavy (non-hydrogen) atoms. The molecule has 6 heteroatoms. The van der Waals surface area contributed by atoms with Crippen molar-refractivity contribution in [3.63, 3.8) is 0 Å². The van der Waals surface area contributed by atoms with Gasteiger partial charge in [-0.2, -0.15) is 0 Å². The Morgan fingerprint density at radius 2 is 2.00 bits per heavy atom. The maximum Gasteiger partial charge on any atom is 0.191 e. The van der Waals surface area contributed by atoms with Gasteiger partial charge in [0.2, 0.25) is 0 Å². The van der Waals surface area contributed by atoms with E-state index >= 15 is 0 Å². The lowest BCUT2D eigenvalue weighted by molar-refractivity contribution is 0.741. The van der Waals surface area contributed by atoms with E-state index in [0.717, 1.165) is 36.9 Å². The highest BCUT2D eigenvalue weighted by Gasteiger charge is 2.01. The van der Waals surface area contributed by atoms with Crippen molar-refractivity contribution in [2.45, 2.75) is 26.3 Å². The highest BCUT2D eigenvalue weighted by atomic mass is 127. The summed E-state index contributed by atoms with van der Waals surface area (Å²) in [5, 5.41) is 7.70. The molecular weight excluding hydrogens is 407 g/mol. The largest absolute Gasteiger partial charge is 0.356 e. The van der Waals surface area contributed by atoms with Gasteiger partial charge in [-0.25, -0.2) is 4.98 Å². The average molecular weight is 430 g/mol. The number of guanidine groups is 1. The van der Waals surface area contributed by atoms with Crippen molar-refractivity contribution in [3.8, 4) is 0 Å². The lowest BCUT2D eigenvalue weighted by Gasteiger charge is -2.10. The van der Waals surface area contributed by atoms with Crippen LogP contribution in [0.1, 0.15) is 21.9 Å². The predicted molar refractivity (Wildman–Crippen MR) is 105 cm³/mol. The fraction of sp³-hybridized carbons (Fsp3) is 0.375. The van der Waals surface area contributed by atoms with Crippen molar-refractivity contribution in [1.29, 1.82) is 0 Å². The molecule has 120 valence electrons. The Hall–Kier alpha value is -1.15. The van der Waals surface area contributed by atoms with E-state index in [0.29, 0.717) is 0 Å². The Morgan fingerprint density at radius 1 is 1.23 bits per heavy atom. The SMILES string of the molecule is CN=C(NCCCc1ccccc1)NCc1ncc(C)s1.I. The number of aliphatic imine (C=N–C) groups is 1. The fourth-order valence-electron chi connectivity index (χ4n) is 2.01. The molecule has 2 rings (SSSR count). The first-order valence-corrected chi connectivity index (χ1v) is 7.99. The Kier molecular flexibility index (Phi) is 9.07. The summed E-state index contributed by atoms with van der Waals surface area (Å²) in [4.78, 5) is 9.79. The quantitative estimate of drug-likeness (QED) is 0.320. The van der Waals surface area contributed by atoms with Crippen molar-refractivity contribution < 1.29 is 0 Å². The Balaban J connectivity index is 0.00000242. The van der Waals surface area contributed by atoms with Crippen molar-refractivity contribution in [2.75, 3.05) is 13.6 Å². The maximum absolute atomic E-state index is 4.33. The minimum atomic E-state index is 0. The van der Waals surface area contributed by atoms with E-state index in [9.17, 15) is 0 Å². The van der Waals surface area contributed by atoms with Crippen LogP contribution in [0.5, 0.6) is 0 Å². The van der Waals surface area contributed by atoms with Crippen LogP contribution >= 0.6 is 35.3 Å². The van der Waals surface area contributed by atoms with Crippen molar-refractivity contribution in [3.05, 3.63) is 52.0 Å². The number of hydrogen-bond donors (Lipinski definition) is 2. The van der Waals surface area contributed by atoms with Gasteiger partial charge in [0.05, 0.1) is 6.54 Å². The molecule has 0 atom stereocenters. The molecule has 4 nitrogen and oxygen atoms in total. The molecular formula is C16H23IN4S. The van der Waals surface area contributed by atoms with Gasteiger partial charge < -0.3 is 10.6 Å². The molecule has 0 aliphatic rings. The third-order valence-electron chi connectivity index (χ3n) is 3.08. The molecule has 0 unspecified atom stereocenters. The lowest BCUT2D eigenvalue weighted by atomic mass is 10.1. The molecule has 2 aromatic rings. The molecule has 0 radical (unpaired) electrons. The molecule has 1 aromatic heterocycles. The zero-order valence-corrected chi connectivity index (χ0v) is 16.2. The first-order valence-electron chi connectivity index (χ1n) is 7.17. The van der Waals surface area contributed by atoms with Gasteiger partial charge in [0.25, 0.3) is 0 Å². The number of rotatable bonds is 6. The zero-order chi connectivity index (χ0) is 14.9. The fourth-order valence-corrected chi connectivity index (χ4v) is 2.73. The highest BCUT2D eigenvalue weighted by Crippen LogP contribution is 2.10. The normalized spacial score (nSPS) is 10.9. The first-order chi connectivity index (χ1) is 10.3. The van der Waals surface area contributed by atoms with E-state index in [1.54, 1.807) is 18.4 Å². The summed E-state index contributed by atoms with van der Waals surface area (Å²) in [7, 11) is 1.79. The predicted octanol–water partition coefficient (Wildman–Crippen LogP) is 3.37. The standard InChI is InChI=1S/C16H22N4S.HI/c1-13-11-19-15(21-13)12-20-16(17-2)18-10-6-9-14-7-4-3-5-8-14;/h3-5,7-8,11H,6,9-10,12H2,1-2H3,(H2,17,18,20);1H. The minimum Gasteiger partial charge on any atom is -0.356 e. The van der Waals surface area contributed by atoms with Crippen LogP contribution in [0.4, 0.5) is 0 Å². The van der Waals surface area contributed by atoms with E-state index in [4.69, 9.17) is 0 Å². The van der Waals surface area contributed by atoms with E-state index < -0.39 is 0 Å². The van der Waals surface area contributed by atoms with E-state index in [1.165, 1.54) is 10.4 Å². The number of nitrogens with one attached hydrogen (secondary N) is 2. The topological polar surface area (TPSA) is 49.3 Å². The zero-order valence-electron chi connectivity index (χ0n) is 13.0. The van der Waals surface area contributed by atoms with Crippen LogP contribution in [0.2, 0.25) is 0 Å². The second kappa shape index (κ2) is 10.6. The van der Waals surface area contributed by atoms with Gasteiger partial charge in [0, 0.05) is 24.7 Å². The van der Waals surface area contributed by atoms with Crippen LogP contribution < -0.4 is 10.6 Å². The van der Waals surface area contributed by atoms with Crippen LogP contribution in [0.3, 0.4) is 0 Å². The van der Waals surface area contributed by atoms with Gasteiger partial charge in [-0.15, -0.1) is 35.3 Å². The van der Waals surface area contributed by atoms with Gasteiger partial charge in [-0.1, -0.05) is 30.3 Å². The summed E-state index contributed by atoms with van der Waals surface area (Å²) >= 11 is 1.71. The van der Waals surface area contributed by atoms with E-state index in [1.807, 2.05) is 12.3 Å². The van der Waals surface area contributed by atoms with Gasteiger partial charge in [-0.3, -0.25) is 4.99 Å². The second-order valence-electron chi connectivity index (χ2n) is 4.81. The summed E-state index contributed by atoms with van der Waals surface area (Å²) in [6, 6.07) is 10.5. The molecule has 1 aromatic carbocycles. The van der Waals surface area contributed by atoms with Gasteiger partial charge >= 0.3 is 0 Å². The third-order valence-corrected chi connectivity index (χ3v) is 3.99. The Bertz CT molecular complexity index is 569. The number of nitrogens with zero attached hydrogens (tertiary/aromatic N) is 2. The molecule has 0 saturated carbocycles. The average Bonchev–Trinajstić information content (AvgIpc) is 2.93. The number of aryl methyl sites for hydroxylation is 2. The lowest BCUT2D eigenvalue weighted by Crippen LogP contribution is -2.37. The van der Waals surface area contributed by atoms with Crippen LogP contribution in [-0.2, 0) is 13.0 Å². The summed E-state index contributed by atoms with van der Waals surface area (Å²) in [5.41, 5.74) is 1.38. The minimum absolute atomic E-state index is 0. The highest BCUT2D eigenvalue weighted by molar-refractivity contribution is 14.0. The van der Waals surface area contributed by atoms with Crippen LogP contribution in [-0.4, -0.2) is 24.5 Å². The van der Waals surface area contributed by atoms with E-state index in [2.05, 4.69) is 51.8 Å². The number of aromatic nitrogens is 1. The molecule has 0 aliphatic heterocycles. The molecule has 2 N–H and O–H groups in total. The summed E-state index contributed by atoms with van der Waals surface area (Å²) in [5.74, 6) is 0.830. The van der Waals surface area contributed by atoms with Crippen molar-refractivity contribution in [2.24, 2.45) is 4.99 Å². The maximum atomic E-state index is 4.33. The number of hydrogen-bond acceptors (Lipinski definition) is 3. The Labute approximate surface area is 153 Å². The molecule has 0 bridgehead atoms. The van der Waals surface area contributed by atoms with Gasteiger partial charge in [0.1, 0.15) is 5.01 Å². The summed E-state index contributed by atoms with van der Waals surface area (Å²) < 4.78 is 0. The number of benzene rings is 1. The summed E-state index contributed by atoms with van der Waals surface area (Å²) in [6.07, 6.45) is 4.06. The molecule has 0 fully saturated rings. The molecule has 0 spiro atoms. The van der Waals surface area contributed by atoms with Crippen molar-refractivity contribution >= 4 is 41.3 Å². The van der Waals surface area contributed by atoms with Gasteiger partial charge in [-0.05, 0) is 25.3 Å². The molecule has 1 heterocycles. The number of halogens is 1. The van der Waals surface area contributed by atoms with Gasteiger partial charge in [0.15, 0.2) is 5.96 Å². The summed E-state index contributed by atoms with van der Waals surface area (Å²) in [6.45, 7) is 3.69. The van der Waals surface area contributed by atoms with E-state index in [-0.39, 0.29) is 24.0 Å². The Morgan fingerprint density at radius 3 is 2.64 bits per heavy atom. The molecule has 0 aliphatic carbocycles. The van der Waals surface area contributed by atoms with Crippen LogP contribution in [0, 0.1) is 6.92 Å². The third kappa shape index (κ3) is 6.74. The monoisotopic (exact) mass is 430 g/mol. The van der Waals surface area contributed by atoms with Crippen molar-refractivity contribution in [1.82, 2.24) is 15.6 Å². The molecule has 0 amide bonds. The first kappa shape index (κ1) is 18.9. The smallest absolute Gasteiger partial charge is 0.191 e. The second-order valence-corrected chi connectivity index (χ2v) is 6.13.